The van der Waals surface area contributed by atoms with Crippen molar-refractivity contribution in [1.82, 2.24) is 14.8 Å². The number of allylic oxidation sites excluding steroid dienone is 1. The van der Waals surface area contributed by atoms with Gasteiger partial charge in [0.25, 0.3) is 5.91 Å². The van der Waals surface area contributed by atoms with Crippen LogP contribution in [0.1, 0.15) is 43.4 Å². The van der Waals surface area contributed by atoms with Gasteiger partial charge in [0.05, 0.1) is 32.5 Å². The molecule has 0 unspecified atom stereocenters. The molecule has 0 radical (unpaired) electrons. The quantitative estimate of drug-likeness (QED) is 0.581. The summed E-state index contributed by atoms with van der Waals surface area (Å²) in [6.45, 7) is 4.57. The van der Waals surface area contributed by atoms with Crippen molar-refractivity contribution in [3.8, 4) is 11.5 Å². The number of piperazine rings is 1. The first kappa shape index (κ1) is 26.0. The van der Waals surface area contributed by atoms with Crippen molar-refractivity contribution in [2.24, 2.45) is 11.0 Å². The Kier molecular flexibility index (Phi) is 7.79. The first-order chi connectivity index (χ1) is 18.5. The average Bonchev–Trinajstić information content (AvgIpc) is 3.35. The SMILES string of the molecule is COc1ccc(/C=C2/CCC[C@H]3C2=NN(C(=O)CN2CCN(C(C)=O)CC2)[C@@H]3c2ccc(OC)cc2)cc1. The van der Waals surface area contributed by atoms with E-state index in [4.69, 9.17) is 14.6 Å². The summed E-state index contributed by atoms with van der Waals surface area (Å²) in [6, 6.07) is 15.9. The van der Waals surface area contributed by atoms with Gasteiger partial charge < -0.3 is 14.4 Å². The van der Waals surface area contributed by atoms with E-state index >= 15 is 0 Å². The Morgan fingerprint density at radius 1 is 0.947 bits per heavy atom. The lowest BCUT2D eigenvalue weighted by Gasteiger charge is -2.35. The van der Waals surface area contributed by atoms with E-state index in [1.807, 2.05) is 29.2 Å². The van der Waals surface area contributed by atoms with Crippen LogP contribution in [0.2, 0.25) is 0 Å². The lowest BCUT2D eigenvalue weighted by Crippen LogP contribution is -2.50. The van der Waals surface area contributed by atoms with Crippen LogP contribution in [0.5, 0.6) is 11.5 Å². The first-order valence-corrected chi connectivity index (χ1v) is 13.3. The highest BCUT2D eigenvalue weighted by Gasteiger charge is 2.44. The number of hydrazone groups is 1. The third-order valence-electron chi connectivity index (χ3n) is 7.85. The van der Waals surface area contributed by atoms with Gasteiger partial charge in [-0.15, -0.1) is 0 Å². The topological polar surface area (TPSA) is 74.7 Å². The van der Waals surface area contributed by atoms with Crippen LogP contribution in [0.15, 0.2) is 59.2 Å². The molecule has 2 fully saturated rings. The maximum Gasteiger partial charge on any atom is 0.257 e. The first-order valence-electron chi connectivity index (χ1n) is 13.3. The third-order valence-corrected chi connectivity index (χ3v) is 7.85. The number of fused-ring (bicyclic) bond motifs is 1. The number of ether oxygens (including phenoxy) is 2. The summed E-state index contributed by atoms with van der Waals surface area (Å²) in [4.78, 5) is 29.4. The fourth-order valence-electron chi connectivity index (χ4n) is 5.73. The summed E-state index contributed by atoms with van der Waals surface area (Å²) in [5.41, 5.74) is 4.37. The van der Waals surface area contributed by atoms with E-state index in [9.17, 15) is 9.59 Å². The molecule has 200 valence electrons. The summed E-state index contributed by atoms with van der Waals surface area (Å²) in [5.74, 6) is 1.83. The van der Waals surface area contributed by atoms with Crippen LogP contribution in [0.3, 0.4) is 0 Å². The minimum Gasteiger partial charge on any atom is -0.497 e. The number of rotatable bonds is 6. The highest BCUT2D eigenvalue weighted by molar-refractivity contribution is 6.08. The van der Waals surface area contributed by atoms with Crippen LogP contribution >= 0.6 is 0 Å². The van der Waals surface area contributed by atoms with Crippen molar-refractivity contribution in [3.05, 3.63) is 65.2 Å². The van der Waals surface area contributed by atoms with E-state index in [2.05, 4.69) is 35.2 Å². The molecule has 1 aliphatic carbocycles. The monoisotopic (exact) mass is 516 g/mol. The van der Waals surface area contributed by atoms with Crippen molar-refractivity contribution in [3.63, 3.8) is 0 Å². The molecule has 0 spiro atoms. The van der Waals surface area contributed by atoms with E-state index < -0.39 is 0 Å². The number of methoxy groups -OCH3 is 2. The Balaban J connectivity index is 1.42. The zero-order valence-corrected chi connectivity index (χ0v) is 22.4. The summed E-state index contributed by atoms with van der Waals surface area (Å²) in [6.07, 6.45) is 5.17. The molecule has 2 aliphatic heterocycles. The van der Waals surface area contributed by atoms with Gasteiger partial charge in [0.1, 0.15) is 11.5 Å². The van der Waals surface area contributed by atoms with Crippen LogP contribution in [-0.4, -0.2) is 79.3 Å². The second kappa shape index (κ2) is 11.4. The maximum atomic E-state index is 13.8. The Morgan fingerprint density at radius 2 is 1.58 bits per heavy atom. The molecule has 2 aromatic carbocycles. The summed E-state index contributed by atoms with van der Waals surface area (Å²) in [5, 5.41) is 6.74. The predicted octanol–water partition coefficient (Wildman–Crippen LogP) is 3.99. The molecule has 0 bridgehead atoms. The Hall–Kier alpha value is -3.65. The standard InChI is InChI=1S/C30H36N4O4/c1-21(35)33-17-15-32(16-18-33)20-28(36)34-30(23-9-13-26(38-3)14-10-23)27-6-4-5-24(29(27)31-34)19-22-7-11-25(37-2)12-8-22/h7-14,19,27,30H,4-6,15-18,20H2,1-3H3/b24-19-/t27-,30+/m0/s1. The number of carbonyl (C=O) groups excluding carboxylic acids is 2. The van der Waals surface area contributed by atoms with Gasteiger partial charge in [0.15, 0.2) is 0 Å². The van der Waals surface area contributed by atoms with Crippen molar-refractivity contribution >= 4 is 23.6 Å². The molecule has 2 heterocycles. The second-order valence-corrected chi connectivity index (χ2v) is 10.2. The lowest BCUT2D eigenvalue weighted by atomic mass is 9.77. The van der Waals surface area contributed by atoms with Crippen LogP contribution in [0.4, 0.5) is 0 Å². The van der Waals surface area contributed by atoms with Crippen LogP contribution in [0, 0.1) is 5.92 Å². The normalized spacial score (nSPS) is 22.7. The number of amides is 2. The van der Waals surface area contributed by atoms with Crippen molar-refractivity contribution in [2.75, 3.05) is 46.9 Å². The minimum absolute atomic E-state index is 0.00668. The second-order valence-electron chi connectivity index (χ2n) is 10.2. The Morgan fingerprint density at radius 3 is 2.18 bits per heavy atom. The van der Waals surface area contributed by atoms with Gasteiger partial charge >= 0.3 is 0 Å². The van der Waals surface area contributed by atoms with Gasteiger partial charge in [0.2, 0.25) is 5.91 Å². The van der Waals surface area contributed by atoms with E-state index in [1.165, 1.54) is 5.57 Å². The predicted molar refractivity (Wildman–Crippen MR) is 147 cm³/mol. The van der Waals surface area contributed by atoms with Gasteiger partial charge in [0, 0.05) is 39.0 Å². The van der Waals surface area contributed by atoms with E-state index in [0.717, 1.165) is 47.6 Å². The van der Waals surface area contributed by atoms with Gasteiger partial charge in [-0.1, -0.05) is 24.3 Å². The zero-order valence-electron chi connectivity index (χ0n) is 22.4. The van der Waals surface area contributed by atoms with Gasteiger partial charge in [-0.25, -0.2) is 5.01 Å². The highest BCUT2D eigenvalue weighted by Crippen LogP contribution is 2.44. The highest BCUT2D eigenvalue weighted by atomic mass is 16.5. The van der Waals surface area contributed by atoms with E-state index in [0.29, 0.717) is 32.7 Å². The molecule has 2 atom stereocenters. The molecule has 5 rings (SSSR count). The molecule has 38 heavy (non-hydrogen) atoms. The molecular formula is C30H36N4O4. The van der Waals surface area contributed by atoms with E-state index in [-0.39, 0.29) is 23.8 Å². The Labute approximate surface area is 224 Å². The van der Waals surface area contributed by atoms with Crippen molar-refractivity contribution < 1.29 is 19.1 Å². The number of carbonyl (C=O) groups is 2. The molecule has 2 amide bonds. The lowest BCUT2D eigenvalue weighted by molar-refractivity contribution is -0.136. The van der Waals surface area contributed by atoms with Gasteiger partial charge in [-0.2, -0.15) is 5.10 Å². The Bertz CT molecular complexity index is 1210. The van der Waals surface area contributed by atoms with Crippen LogP contribution in [-0.2, 0) is 9.59 Å². The van der Waals surface area contributed by atoms with Crippen LogP contribution in [0.25, 0.3) is 6.08 Å². The zero-order chi connectivity index (χ0) is 26.6. The smallest absolute Gasteiger partial charge is 0.257 e. The molecular weight excluding hydrogens is 480 g/mol. The molecule has 1 saturated carbocycles. The largest absolute Gasteiger partial charge is 0.497 e. The summed E-state index contributed by atoms with van der Waals surface area (Å²) < 4.78 is 10.7. The number of benzene rings is 2. The van der Waals surface area contributed by atoms with Crippen molar-refractivity contribution in [2.45, 2.75) is 32.2 Å². The van der Waals surface area contributed by atoms with Gasteiger partial charge in [-0.05, 0) is 66.3 Å². The van der Waals surface area contributed by atoms with Crippen LogP contribution < -0.4 is 9.47 Å². The summed E-state index contributed by atoms with van der Waals surface area (Å²) in [7, 11) is 3.32. The maximum absolute atomic E-state index is 13.8. The third kappa shape index (κ3) is 5.45. The summed E-state index contributed by atoms with van der Waals surface area (Å²) >= 11 is 0. The number of hydrogen-bond acceptors (Lipinski definition) is 6. The minimum atomic E-state index is -0.151. The fourth-order valence-corrected chi connectivity index (χ4v) is 5.73. The fraction of sp³-hybridized carbons (Fsp3) is 0.433. The molecule has 1 saturated heterocycles. The number of hydrogen-bond donors (Lipinski definition) is 0. The van der Waals surface area contributed by atoms with E-state index in [1.54, 1.807) is 26.2 Å². The molecule has 0 N–H and O–H groups in total. The van der Waals surface area contributed by atoms with Crippen molar-refractivity contribution in [1.29, 1.82) is 0 Å². The molecule has 2 aromatic rings. The number of nitrogens with zero attached hydrogens (tertiary/aromatic N) is 4. The molecule has 0 aromatic heterocycles. The average molecular weight is 517 g/mol. The van der Waals surface area contributed by atoms with Gasteiger partial charge in [-0.3, -0.25) is 14.5 Å². The molecule has 3 aliphatic rings. The molecule has 8 nitrogen and oxygen atoms in total. The molecule has 8 heteroatoms.